The molecule has 1 amide bonds. The number of pyridine rings is 1. The van der Waals surface area contributed by atoms with Crippen molar-refractivity contribution in [2.45, 2.75) is 26.4 Å². The number of carbonyl (C=O) groups excluding carboxylic acids is 2. The summed E-state index contributed by atoms with van der Waals surface area (Å²) in [6, 6.07) is 9.18. The molecule has 0 N–H and O–H groups in total. The normalized spacial score (nSPS) is 12.0. The van der Waals surface area contributed by atoms with Crippen molar-refractivity contribution in [3.8, 4) is 0 Å². The van der Waals surface area contributed by atoms with Crippen LogP contribution in [-0.2, 0) is 20.9 Å². The second-order valence-corrected chi connectivity index (χ2v) is 8.20. The van der Waals surface area contributed by atoms with E-state index in [9.17, 15) is 9.59 Å². The van der Waals surface area contributed by atoms with Crippen molar-refractivity contribution in [2.75, 3.05) is 25.6 Å². The SMILES string of the molecule is CCSCCCC(C(=O)OCc1ccc2ccc(Cl)cc2n1)C(=O)N(C)C. The number of fused-ring (bicyclic) bond motifs is 1. The third kappa shape index (κ3) is 6.40. The van der Waals surface area contributed by atoms with E-state index in [4.69, 9.17) is 16.3 Å². The molecule has 0 saturated carbocycles. The molecule has 0 bridgehead atoms. The predicted octanol–water partition coefficient (Wildman–Crippen LogP) is 4.17. The standard InChI is InChI=1S/C20H25ClN2O3S/c1-4-27-11-5-6-17(19(24)23(2)3)20(25)26-13-16-10-8-14-7-9-15(21)12-18(14)22-16/h7-10,12,17H,4-6,11,13H2,1-3H3. The van der Waals surface area contributed by atoms with Crippen LogP contribution in [0.5, 0.6) is 0 Å². The Morgan fingerprint density at radius 3 is 2.70 bits per heavy atom. The van der Waals surface area contributed by atoms with E-state index in [0.717, 1.165) is 28.8 Å². The zero-order chi connectivity index (χ0) is 19.8. The Hall–Kier alpha value is -1.79. The molecule has 146 valence electrons. The highest BCUT2D eigenvalue weighted by molar-refractivity contribution is 7.99. The Labute approximate surface area is 169 Å². The number of thioether (sulfide) groups is 1. The van der Waals surface area contributed by atoms with E-state index in [-0.39, 0.29) is 12.5 Å². The lowest BCUT2D eigenvalue weighted by molar-refractivity contribution is -0.156. The lowest BCUT2D eigenvalue weighted by atomic mass is 10.0. The maximum Gasteiger partial charge on any atom is 0.318 e. The zero-order valence-corrected chi connectivity index (χ0v) is 17.5. The zero-order valence-electron chi connectivity index (χ0n) is 15.9. The number of amides is 1. The van der Waals surface area contributed by atoms with E-state index in [1.54, 1.807) is 38.0 Å². The second-order valence-electron chi connectivity index (χ2n) is 6.37. The molecule has 0 aliphatic rings. The number of rotatable bonds is 9. The molecule has 0 aliphatic heterocycles. The van der Waals surface area contributed by atoms with Crippen LogP contribution in [0.4, 0.5) is 0 Å². The molecule has 1 aromatic carbocycles. The van der Waals surface area contributed by atoms with Gasteiger partial charge in [-0.1, -0.05) is 30.7 Å². The molecule has 0 spiro atoms. The van der Waals surface area contributed by atoms with E-state index in [2.05, 4.69) is 11.9 Å². The Morgan fingerprint density at radius 1 is 1.26 bits per heavy atom. The van der Waals surface area contributed by atoms with Gasteiger partial charge in [0, 0.05) is 24.5 Å². The van der Waals surface area contributed by atoms with Gasteiger partial charge in [0.05, 0.1) is 11.2 Å². The van der Waals surface area contributed by atoms with Crippen molar-refractivity contribution >= 4 is 46.1 Å². The predicted molar refractivity (Wildman–Crippen MR) is 111 cm³/mol. The van der Waals surface area contributed by atoms with Crippen LogP contribution in [0.1, 0.15) is 25.5 Å². The number of benzene rings is 1. The van der Waals surface area contributed by atoms with Crippen molar-refractivity contribution in [1.82, 2.24) is 9.88 Å². The Balaban J connectivity index is 2.02. The van der Waals surface area contributed by atoms with Gasteiger partial charge in [-0.15, -0.1) is 0 Å². The fourth-order valence-corrected chi connectivity index (χ4v) is 3.47. The Kier molecular flexibility index (Phi) is 8.38. The van der Waals surface area contributed by atoms with Gasteiger partial charge in [0.15, 0.2) is 0 Å². The summed E-state index contributed by atoms with van der Waals surface area (Å²) in [5, 5.41) is 1.56. The maximum absolute atomic E-state index is 12.5. The molecule has 7 heteroatoms. The Bertz CT molecular complexity index is 798. The molecule has 27 heavy (non-hydrogen) atoms. The topological polar surface area (TPSA) is 59.5 Å². The third-order valence-electron chi connectivity index (χ3n) is 4.08. The van der Waals surface area contributed by atoms with Crippen LogP contribution in [0, 0.1) is 5.92 Å². The highest BCUT2D eigenvalue weighted by Crippen LogP contribution is 2.19. The van der Waals surface area contributed by atoms with E-state index in [0.29, 0.717) is 17.1 Å². The average molecular weight is 409 g/mol. The average Bonchev–Trinajstić information content (AvgIpc) is 2.65. The van der Waals surface area contributed by atoms with E-state index >= 15 is 0 Å². The number of hydrogen-bond acceptors (Lipinski definition) is 5. The highest BCUT2D eigenvalue weighted by atomic mass is 35.5. The summed E-state index contributed by atoms with van der Waals surface area (Å²) >= 11 is 7.80. The van der Waals surface area contributed by atoms with Crippen molar-refractivity contribution in [3.05, 3.63) is 41.0 Å². The smallest absolute Gasteiger partial charge is 0.318 e. The highest BCUT2D eigenvalue weighted by Gasteiger charge is 2.29. The van der Waals surface area contributed by atoms with Crippen LogP contribution in [-0.4, -0.2) is 47.4 Å². The van der Waals surface area contributed by atoms with Gasteiger partial charge in [-0.25, -0.2) is 4.98 Å². The number of aromatic nitrogens is 1. The first kappa shape index (κ1) is 21.5. The number of ether oxygens (including phenoxy) is 1. The lowest BCUT2D eigenvalue weighted by Crippen LogP contribution is -2.35. The van der Waals surface area contributed by atoms with Gasteiger partial charge in [0.25, 0.3) is 0 Å². The summed E-state index contributed by atoms with van der Waals surface area (Å²) in [5.74, 6) is 0.456. The maximum atomic E-state index is 12.5. The second kappa shape index (κ2) is 10.5. The number of hydrogen-bond donors (Lipinski definition) is 0. The first-order valence-electron chi connectivity index (χ1n) is 8.93. The summed E-state index contributed by atoms with van der Waals surface area (Å²) in [7, 11) is 3.30. The quantitative estimate of drug-likeness (QED) is 0.354. The molecular formula is C20H25ClN2O3S. The van der Waals surface area contributed by atoms with Crippen molar-refractivity contribution in [1.29, 1.82) is 0 Å². The van der Waals surface area contributed by atoms with Crippen LogP contribution in [0.15, 0.2) is 30.3 Å². The number of esters is 1. The van der Waals surface area contributed by atoms with E-state index in [1.165, 1.54) is 4.90 Å². The molecule has 0 aliphatic carbocycles. The van der Waals surface area contributed by atoms with Gasteiger partial charge in [0.1, 0.15) is 12.5 Å². The van der Waals surface area contributed by atoms with Crippen LogP contribution >= 0.6 is 23.4 Å². The summed E-state index contributed by atoms with van der Waals surface area (Å²) in [4.78, 5) is 30.8. The van der Waals surface area contributed by atoms with Gasteiger partial charge in [-0.05, 0) is 42.5 Å². The minimum atomic E-state index is -0.771. The van der Waals surface area contributed by atoms with Crippen molar-refractivity contribution in [2.24, 2.45) is 5.92 Å². The molecule has 1 aromatic heterocycles. The minimum Gasteiger partial charge on any atom is -0.459 e. The minimum absolute atomic E-state index is 0.0300. The van der Waals surface area contributed by atoms with Gasteiger partial charge in [0.2, 0.25) is 5.91 Å². The lowest BCUT2D eigenvalue weighted by Gasteiger charge is -2.19. The summed E-state index contributed by atoms with van der Waals surface area (Å²) in [6.45, 7) is 2.12. The molecule has 2 rings (SSSR count). The van der Waals surface area contributed by atoms with Crippen molar-refractivity contribution < 1.29 is 14.3 Å². The number of halogens is 1. The molecule has 0 saturated heterocycles. The summed E-state index contributed by atoms with van der Waals surface area (Å²) in [6.07, 6.45) is 1.29. The molecule has 0 fully saturated rings. The van der Waals surface area contributed by atoms with Gasteiger partial charge in [-0.2, -0.15) is 11.8 Å². The van der Waals surface area contributed by atoms with Crippen LogP contribution in [0.2, 0.25) is 5.02 Å². The Morgan fingerprint density at radius 2 is 2.00 bits per heavy atom. The monoisotopic (exact) mass is 408 g/mol. The van der Waals surface area contributed by atoms with E-state index < -0.39 is 11.9 Å². The summed E-state index contributed by atoms with van der Waals surface area (Å²) < 4.78 is 5.41. The van der Waals surface area contributed by atoms with E-state index in [1.807, 2.05) is 18.2 Å². The summed E-state index contributed by atoms with van der Waals surface area (Å²) in [5.41, 5.74) is 1.37. The van der Waals surface area contributed by atoms with Crippen LogP contribution in [0.25, 0.3) is 10.9 Å². The van der Waals surface area contributed by atoms with Crippen LogP contribution in [0.3, 0.4) is 0 Å². The van der Waals surface area contributed by atoms with Gasteiger partial charge >= 0.3 is 5.97 Å². The largest absolute Gasteiger partial charge is 0.459 e. The molecule has 1 atom stereocenters. The third-order valence-corrected chi connectivity index (χ3v) is 5.30. The first-order valence-corrected chi connectivity index (χ1v) is 10.5. The molecule has 5 nitrogen and oxygen atoms in total. The van der Waals surface area contributed by atoms with Crippen molar-refractivity contribution in [3.63, 3.8) is 0 Å². The van der Waals surface area contributed by atoms with Crippen LogP contribution < -0.4 is 0 Å². The molecule has 1 heterocycles. The van der Waals surface area contributed by atoms with Gasteiger partial charge < -0.3 is 9.64 Å². The van der Waals surface area contributed by atoms with Gasteiger partial charge in [-0.3, -0.25) is 9.59 Å². The molecule has 0 radical (unpaired) electrons. The first-order chi connectivity index (χ1) is 12.9. The molecular weight excluding hydrogens is 384 g/mol. The molecule has 1 unspecified atom stereocenters. The fraction of sp³-hybridized carbons (Fsp3) is 0.450. The fourth-order valence-electron chi connectivity index (χ4n) is 2.65. The number of carbonyl (C=O) groups is 2. The number of nitrogens with zero attached hydrogens (tertiary/aromatic N) is 2. The molecule has 2 aromatic rings.